The number of fused-ring (bicyclic) bond motifs is 3. The Balaban J connectivity index is 0.000000195. The SMILES string of the molecule is CCN(C(C)C)C(C)C.CCOc1ccc(C#Cc2ccc3c(c2)CC2(C3)CN(CC3(C(=O)O)CC3)C2)cc1.COC(=O)C1(CN2CC3(Cc4ccc(O)cc4C3)C2)CC1.COC(=O)C1(CN2CC3(Cc4ccc(OS(=O)(=O)C(F)(F)C(F)(F)C(F)(F)C(F)(F)F)cc4C3)C2)CC1.O=C(O)C(F)(F)F.O=S(=O)(F)C(F)(F)C(F)(F)C(F)(F)C(F)(F)F. The minimum atomic E-state index is -7.67. The van der Waals surface area contributed by atoms with Crippen LogP contribution < -0.4 is 8.92 Å². The molecule has 4 aromatic rings. The highest BCUT2D eigenvalue weighted by Gasteiger charge is 2.87. The lowest BCUT2D eigenvalue weighted by Crippen LogP contribution is -2.63. The molecule has 0 bridgehead atoms. The Morgan fingerprint density at radius 3 is 1.12 bits per heavy atom. The van der Waals surface area contributed by atoms with Crippen LogP contribution in [0, 0.1) is 44.3 Å². The van der Waals surface area contributed by atoms with E-state index in [1.807, 2.05) is 42.2 Å². The van der Waals surface area contributed by atoms with Crippen molar-refractivity contribution in [1.82, 2.24) is 19.6 Å². The van der Waals surface area contributed by atoms with Crippen LogP contribution in [0.25, 0.3) is 0 Å². The average Bonchev–Trinajstić information content (AvgIpc) is 1.05. The van der Waals surface area contributed by atoms with E-state index in [0.717, 1.165) is 126 Å². The Morgan fingerprint density at radius 1 is 0.463 bits per heavy atom. The summed E-state index contributed by atoms with van der Waals surface area (Å²) < 4.78 is 329. The quantitative estimate of drug-likeness (QED) is 0.0217. The molecule has 9 aliphatic rings. The second-order valence-electron chi connectivity index (χ2n) is 32.8. The normalized spacial score (nSPS) is 19.5. The van der Waals surface area contributed by atoms with Crippen LogP contribution in [-0.2, 0) is 87.5 Å². The Kier molecular flexibility index (Phi) is 28.3. The third-order valence-corrected chi connectivity index (χ3v) is 24.8. The molecule has 0 amide bonds. The third kappa shape index (κ3) is 21.0. The van der Waals surface area contributed by atoms with Crippen LogP contribution in [0.1, 0.15) is 125 Å². The van der Waals surface area contributed by atoms with E-state index < -0.39 is 102 Å². The molecule has 3 N–H and O–H groups in total. The lowest BCUT2D eigenvalue weighted by atomic mass is 9.76. The molecule has 4 aromatic carbocycles. The van der Waals surface area contributed by atoms with E-state index in [1.54, 1.807) is 6.07 Å². The van der Waals surface area contributed by atoms with Crippen molar-refractivity contribution in [3.8, 4) is 29.1 Å². The van der Waals surface area contributed by atoms with Crippen molar-refractivity contribution in [3.05, 3.63) is 123 Å². The third-order valence-electron chi connectivity index (χ3n) is 22.7. The van der Waals surface area contributed by atoms with Crippen molar-refractivity contribution < 1.29 is 166 Å². The molecule has 121 heavy (non-hydrogen) atoms. The highest BCUT2D eigenvalue weighted by molar-refractivity contribution is 7.88. The van der Waals surface area contributed by atoms with Crippen LogP contribution in [0.15, 0.2) is 78.9 Å². The van der Waals surface area contributed by atoms with E-state index in [9.17, 15) is 138 Å². The van der Waals surface area contributed by atoms with Crippen molar-refractivity contribution in [3.63, 3.8) is 0 Å². The number of phenolic OH excluding ortho intramolecular Hbond substituents is 1. The highest BCUT2D eigenvalue weighted by Crippen LogP contribution is 2.59. The number of carboxylic acids is 2. The zero-order valence-corrected chi connectivity index (χ0v) is 67.7. The molecule has 13 rings (SSSR count). The number of benzene rings is 4. The monoisotopic (exact) mass is 1800 g/mol. The Bertz CT molecular complexity index is 4730. The van der Waals surface area contributed by atoms with E-state index in [4.69, 9.17) is 24.1 Å². The van der Waals surface area contributed by atoms with E-state index >= 15 is 0 Å². The van der Waals surface area contributed by atoms with Gasteiger partial charge in [0.1, 0.15) is 17.2 Å². The highest BCUT2D eigenvalue weighted by atomic mass is 32.3. The first-order valence-electron chi connectivity index (χ1n) is 37.5. The number of ether oxygens (including phenoxy) is 3. The van der Waals surface area contributed by atoms with Crippen LogP contribution in [-0.4, -0.2) is 227 Å². The summed E-state index contributed by atoms with van der Waals surface area (Å²) in [5.41, 5.74) is 7.74. The van der Waals surface area contributed by atoms with Crippen LogP contribution >= 0.6 is 0 Å². The van der Waals surface area contributed by atoms with Crippen LogP contribution in [0.4, 0.5) is 96.1 Å². The molecule has 3 saturated carbocycles. The van der Waals surface area contributed by atoms with Crippen LogP contribution in [0.5, 0.6) is 17.2 Å². The maximum atomic E-state index is 13.9. The van der Waals surface area contributed by atoms with Crippen molar-refractivity contribution in [1.29, 1.82) is 0 Å². The molecule has 0 aromatic heterocycles. The zero-order chi connectivity index (χ0) is 91.3. The molecule has 0 radical (unpaired) electrons. The topological polar surface area (TPSA) is 247 Å². The minimum Gasteiger partial charge on any atom is -0.508 e. The van der Waals surface area contributed by atoms with E-state index in [-0.39, 0.29) is 22.8 Å². The lowest BCUT2D eigenvalue weighted by Gasteiger charge is -2.49. The largest absolute Gasteiger partial charge is 0.508 e. The molecule has 43 heteroatoms. The maximum absolute atomic E-state index is 13.9. The molecule has 6 fully saturated rings. The zero-order valence-electron chi connectivity index (χ0n) is 66.1. The Hall–Kier alpha value is -8.08. The van der Waals surface area contributed by atoms with Gasteiger partial charge in [0.05, 0.1) is 37.1 Å². The number of hydrogen-bond donors (Lipinski definition) is 3. The van der Waals surface area contributed by atoms with Gasteiger partial charge in [-0.05, 0) is 212 Å². The predicted molar refractivity (Wildman–Crippen MR) is 388 cm³/mol. The molecule has 3 aliphatic heterocycles. The number of alkyl halides is 21. The number of aliphatic carboxylic acids is 2. The molecule has 3 saturated heterocycles. The van der Waals surface area contributed by atoms with Crippen molar-refractivity contribution in [2.75, 3.05) is 86.3 Å². The van der Waals surface area contributed by atoms with Gasteiger partial charge in [0.15, 0.2) is 0 Å². The molecule has 0 unspecified atom stereocenters. The van der Waals surface area contributed by atoms with Gasteiger partial charge in [-0.1, -0.05) is 40.8 Å². The van der Waals surface area contributed by atoms with Gasteiger partial charge in [0.2, 0.25) is 0 Å². The number of esters is 2. The first kappa shape index (κ1) is 98.4. The fourth-order valence-corrected chi connectivity index (χ4v) is 17.6. The lowest BCUT2D eigenvalue weighted by molar-refractivity contribution is -0.382. The fraction of sp³-hybridized carbons (Fsp3) is 0.615. The van der Waals surface area contributed by atoms with Crippen molar-refractivity contribution in [2.45, 2.75) is 183 Å². The number of carbonyl (C=O) groups excluding carboxylic acids is 2. The summed E-state index contributed by atoms with van der Waals surface area (Å²) in [5, 5.41) is 12.0. The number of likely N-dealkylation sites (tertiary alicyclic amines) is 3. The summed E-state index contributed by atoms with van der Waals surface area (Å²) in [6, 6.07) is 24.7. The molecule has 19 nitrogen and oxygen atoms in total. The molecule has 6 aliphatic carbocycles. The molecule has 676 valence electrons. The second kappa shape index (κ2) is 34.8. The maximum Gasteiger partial charge on any atom is 0.490 e. The van der Waals surface area contributed by atoms with Crippen LogP contribution in [0.2, 0.25) is 0 Å². The van der Waals surface area contributed by atoms with Crippen molar-refractivity contribution in [2.24, 2.45) is 32.5 Å². The number of methoxy groups -OCH3 is 2. The standard InChI is InChI=1S/C26H27NO3.C21H20F9NO5S.C17H21NO3.C8H19N.C4F10O2S.C2HF3O2/c1-2-30-23-9-6-19(7-10-23)3-4-20-5-8-21-14-25(15-22(21)13-20)16-27(17-25)18-26(11-12-26)24(28)29;1-35-15(32)17(4-5-17)11-31-9-16(10-31)7-12-2-3-14(6-13(12)8-16)36-37(33,34)21(29,30)19(24,25)18(22,23)20(26,27)28;1-21-15(20)17(4-5-17)11-18-9-16(10-18)7-12-2-3-14(19)6-13(12)8-16;1-6-9(7(2)3)8(4)5;5-1(6,3(9,10)11)2(7,8)4(12,13)17(14,15)16;3-2(4,5)1(6)7/h5-10,13H,2,11-12,14-18H2,1H3,(H,28,29);2-3,6H,4-5,7-11H2,1H3;2-3,6,19H,4-5,7-11H2,1H3;7-8H,6H2,1-5H3;;(H,6,7). The van der Waals surface area contributed by atoms with Gasteiger partial charge in [-0.3, -0.25) is 19.3 Å². The summed E-state index contributed by atoms with van der Waals surface area (Å²) in [6.45, 7) is 22.3. The Morgan fingerprint density at radius 2 is 0.793 bits per heavy atom. The van der Waals surface area contributed by atoms with Gasteiger partial charge in [-0.25, -0.2) is 4.79 Å². The first-order valence-corrected chi connectivity index (χ1v) is 40.3. The van der Waals surface area contributed by atoms with E-state index in [2.05, 4.69) is 89.6 Å². The summed E-state index contributed by atoms with van der Waals surface area (Å²) in [6.07, 6.45) is -9.31. The van der Waals surface area contributed by atoms with Gasteiger partial charge >= 0.3 is 96.9 Å². The van der Waals surface area contributed by atoms with Gasteiger partial charge in [0, 0.05) is 98.4 Å². The first-order chi connectivity index (χ1) is 55.3. The average molecular weight is 1800 g/mol. The summed E-state index contributed by atoms with van der Waals surface area (Å²) >= 11 is 0. The fourth-order valence-electron chi connectivity index (χ4n) is 16.3. The van der Waals surface area contributed by atoms with E-state index in [0.29, 0.717) is 91.7 Å². The van der Waals surface area contributed by atoms with Crippen molar-refractivity contribution >= 4 is 44.2 Å². The molecule has 3 spiro atoms. The van der Waals surface area contributed by atoms with Gasteiger partial charge in [-0.2, -0.15) is 109 Å². The van der Waals surface area contributed by atoms with Crippen LogP contribution in [0.3, 0.4) is 0 Å². The summed E-state index contributed by atoms with van der Waals surface area (Å²) in [4.78, 5) is 53.3. The van der Waals surface area contributed by atoms with E-state index in [1.165, 1.54) is 42.5 Å². The number of carboxylic acid groups (broad SMARTS) is 2. The van der Waals surface area contributed by atoms with Gasteiger partial charge < -0.3 is 48.4 Å². The number of rotatable bonds is 22. The predicted octanol–water partition coefficient (Wildman–Crippen LogP) is 15.1. The molecule has 3 heterocycles. The molecular formula is C78H88F22N4O15S2. The molecule has 0 atom stereocenters. The number of halogens is 22. The number of aromatic hydroxyl groups is 1. The van der Waals surface area contributed by atoms with Gasteiger partial charge in [-0.15, -0.1) is 0 Å². The number of nitrogens with zero attached hydrogens (tertiary/aromatic N) is 4. The number of phenols is 1. The minimum absolute atomic E-state index is 0.0388. The molecular weight excluding hydrogens is 1710 g/mol. The number of hydrogen-bond acceptors (Lipinski definition) is 17. The Labute approximate surface area is 681 Å². The second-order valence-corrected chi connectivity index (χ2v) is 35.8. The smallest absolute Gasteiger partial charge is 0.490 e. The number of carbonyl (C=O) groups is 4. The van der Waals surface area contributed by atoms with Gasteiger partial charge in [0.25, 0.3) is 0 Å². The summed E-state index contributed by atoms with van der Waals surface area (Å²) in [5.74, 6) is -26.5. The summed E-state index contributed by atoms with van der Waals surface area (Å²) in [7, 11) is -11.9.